The fourth-order valence-electron chi connectivity index (χ4n) is 2.56. The molecule has 2 aromatic rings. The summed E-state index contributed by atoms with van der Waals surface area (Å²) in [4.78, 5) is 12.5. The van der Waals surface area contributed by atoms with Crippen molar-refractivity contribution in [1.82, 2.24) is 0 Å². The Morgan fingerprint density at radius 2 is 1.79 bits per heavy atom. The van der Waals surface area contributed by atoms with Gasteiger partial charge in [0.05, 0.1) is 0 Å². The van der Waals surface area contributed by atoms with Gasteiger partial charge < -0.3 is 0 Å². The van der Waals surface area contributed by atoms with E-state index < -0.39 is 0 Å². The summed E-state index contributed by atoms with van der Waals surface area (Å²) >= 11 is 9.36. The molecule has 0 fully saturated rings. The first-order valence-electron chi connectivity index (χ1n) is 6.26. The Morgan fingerprint density at radius 1 is 1.00 bits per heavy atom. The summed E-state index contributed by atoms with van der Waals surface area (Å²) in [6, 6.07) is 11.3. The van der Waals surface area contributed by atoms with Crippen molar-refractivity contribution < 1.29 is 4.79 Å². The minimum absolute atomic E-state index is 0.0258. The molecule has 0 saturated heterocycles. The van der Waals surface area contributed by atoms with Crippen LogP contribution in [-0.2, 0) is 12.8 Å². The van der Waals surface area contributed by atoms with E-state index in [9.17, 15) is 4.79 Å². The van der Waals surface area contributed by atoms with Crippen LogP contribution in [0.2, 0.25) is 5.02 Å². The molecule has 0 spiro atoms. The molecule has 0 amide bonds. The summed E-state index contributed by atoms with van der Waals surface area (Å²) in [5.74, 6) is 0.0258. The minimum Gasteiger partial charge on any atom is -0.289 e. The number of carbonyl (C=O) groups excluding carboxylic acids is 1. The third-order valence-corrected chi connectivity index (χ3v) is 4.16. The molecule has 0 aliphatic heterocycles. The maximum atomic E-state index is 12.5. The first kappa shape index (κ1) is 12.9. The van der Waals surface area contributed by atoms with E-state index in [1.165, 1.54) is 17.5 Å². The maximum Gasteiger partial charge on any atom is 0.193 e. The number of rotatable bonds is 2. The topological polar surface area (TPSA) is 17.1 Å². The van der Waals surface area contributed by atoms with Gasteiger partial charge in [-0.1, -0.05) is 39.7 Å². The predicted molar refractivity (Wildman–Crippen MR) is 81.1 cm³/mol. The van der Waals surface area contributed by atoms with Crippen molar-refractivity contribution in [3.63, 3.8) is 0 Å². The van der Waals surface area contributed by atoms with Crippen LogP contribution in [0.1, 0.15) is 33.5 Å². The molecule has 0 N–H and O–H groups in total. The number of hydrogen-bond acceptors (Lipinski definition) is 1. The van der Waals surface area contributed by atoms with Crippen LogP contribution < -0.4 is 0 Å². The maximum absolute atomic E-state index is 12.5. The molecule has 0 bridgehead atoms. The van der Waals surface area contributed by atoms with Crippen LogP contribution in [-0.4, -0.2) is 5.78 Å². The fraction of sp³-hybridized carbons (Fsp3) is 0.188. The smallest absolute Gasteiger partial charge is 0.193 e. The molecule has 0 unspecified atom stereocenters. The quantitative estimate of drug-likeness (QED) is 0.719. The molecule has 0 atom stereocenters. The van der Waals surface area contributed by atoms with E-state index in [2.05, 4.69) is 22.0 Å². The normalized spacial score (nSPS) is 13.4. The molecule has 0 heterocycles. The van der Waals surface area contributed by atoms with Gasteiger partial charge in [-0.2, -0.15) is 0 Å². The van der Waals surface area contributed by atoms with Gasteiger partial charge >= 0.3 is 0 Å². The largest absolute Gasteiger partial charge is 0.289 e. The molecule has 0 saturated carbocycles. The van der Waals surface area contributed by atoms with Crippen molar-refractivity contribution in [2.45, 2.75) is 19.3 Å². The zero-order valence-electron chi connectivity index (χ0n) is 10.2. The van der Waals surface area contributed by atoms with Crippen molar-refractivity contribution >= 4 is 33.3 Å². The summed E-state index contributed by atoms with van der Waals surface area (Å²) in [6.45, 7) is 0. The monoisotopic (exact) mass is 334 g/mol. The van der Waals surface area contributed by atoms with E-state index in [1.807, 2.05) is 12.1 Å². The molecule has 2 aromatic carbocycles. The van der Waals surface area contributed by atoms with E-state index >= 15 is 0 Å². The highest BCUT2D eigenvalue weighted by atomic mass is 79.9. The molecule has 1 aliphatic carbocycles. The summed E-state index contributed by atoms with van der Waals surface area (Å²) in [7, 11) is 0. The predicted octanol–water partition coefficient (Wildman–Crippen LogP) is 4.82. The SMILES string of the molecule is O=C(c1cc(Cl)cc(Br)c1)c1ccc2c(c1)CCC2. The number of benzene rings is 2. The van der Waals surface area contributed by atoms with Crippen molar-refractivity contribution in [3.05, 3.63) is 68.1 Å². The fourth-order valence-corrected chi connectivity index (χ4v) is 3.42. The lowest BCUT2D eigenvalue weighted by atomic mass is 9.99. The lowest BCUT2D eigenvalue weighted by molar-refractivity contribution is 0.103. The molecule has 1 nitrogen and oxygen atoms in total. The van der Waals surface area contributed by atoms with Gasteiger partial charge in [0.15, 0.2) is 5.78 Å². The van der Waals surface area contributed by atoms with Crippen LogP contribution in [0.4, 0.5) is 0 Å². The Hall–Kier alpha value is -1.12. The Morgan fingerprint density at radius 3 is 2.58 bits per heavy atom. The highest BCUT2D eigenvalue weighted by Crippen LogP contribution is 2.26. The molecule has 1 aliphatic rings. The first-order chi connectivity index (χ1) is 9.13. The number of hydrogen-bond donors (Lipinski definition) is 0. The highest BCUT2D eigenvalue weighted by molar-refractivity contribution is 9.10. The van der Waals surface area contributed by atoms with Gasteiger partial charge in [-0.3, -0.25) is 4.79 Å². The van der Waals surface area contributed by atoms with Crippen molar-refractivity contribution in [2.75, 3.05) is 0 Å². The summed E-state index contributed by atoms with van der Waals surface area (Å²) in [5, 5.41) is 0.568. The van der Waals surface area contributed by atoms with Crippen molar-refractivity contribution in [1.29, 1.82) is 0 Å². The van der Waals surface area contributed by atoms with E-state index in [4.69, 9.17) is 11.6 Å². The number of fused-ring (bicyclic) bond motifs is 1. The summed E-state index contributed by atoms with van der Waals surface area (Å²) in [5.41, 5.74) is 4.06. The molecule has 96 valence electrons. The number of halogens is 2. The second-order valence-electron chi connectivity index (χ2n) is 4.82. The van der Waals surface area contributed by atoms with Gasteiger partial charge in [0.25, 0.3) is 0 Å². The average molecular weight is 336 g/mol. The molecular weight excluding hydrogens is 324 g/mol. The van der Waals surface area contributed by atoms with Gasteiger partial charge in [0.1, 0.15) is 0 Å². The molecule has 0 aromatic heterocycles. The van der Waals surface area contributed by atoms with E-state index in [-0.39, 0.29) is 5.78 Å². The minimum atomic E-state index is 0.0258. The molecule has 19 heavy (non-hydrogen) atoms. The average Bonchev–Trinajstić information content (AvgIpc) is 2.83. The zero-order valence-corrected chi connectivity index (χ0v) is 12.6. The van der Waals surface area contributed by atoms with Crippen molar-refractivity contribution in [2.24, 2.45) is 0 Å². The molecular formula is C16H12BrClO. The van der Waals surface area contributed by atoms with Gasteiger partial charge in [-0.05, 0) is 54.7 Å². The van der Waals surface area contributed by atoms with Gasteiger partial charge in [0.2, 0.25) is 0 Å². The molecule has 0 radical (unpaired) electrons. The third kappa shape index (κ3) is 2.60. The summed E-state index contributed by atoms with van der Waals surface area (Å²) in [6.07, 6.45) is 3.40. The Kier molecular flexibility index (Phi) is 3.46. The molecule has 3 heteroatoms. The summed E-state index contributed by atoms with van der Waals surface area (Å²) < 4.78 is 0.824. The highest BCUT2D eigenvalue weighted by Gasteiger charge is 2.15. The van der Waals surface area contributed by atoms with E-state index in [0.29, 0.717) is 10.6 Å². The molecule has 3 rings (SSSR count). The lowest BCUT2D eigenvalue weighted by Crippen LogP contribution is -2.02. The number of ketones is 1. The standard InChI is InChI=1S/C16H12BrClO/c17-14-7-13(8-15(18)9-14)16(19)12-5-4-10-2-1-3-11(10)6-12/h4-9H,1-3H2. The Balaban J connectivity index is 1.99. The number of carbonyl (C=O) groups is 1. The van der Waals surface area contributed by atoms with Crippen molar-refractivity contribution in [3.8, 4) is 0 Å². The van der Waals surface area contributed by atoms with Crippen LogP contribution in [0.25, 0.3) is 0 Å². The van der Waals surface area contributed by atoms with Gasteiger partial charge in [0, 0.05) is 20.6 Å². The third-order valence-electron chi connectivity index (χ3n) is 3.49. The Bertz CT molecular complexity index is 644. The van der Waals surface area contributed by atoms with Crippen LogP contribution in [0, 0.1) is 0 Å². The van der Waals surface area contributed by atoms with Gasteiger partial charge in [-0.15, -0.1) is 0 Å². The second kappa shape index (κ2) is 5.10. The Labute approximate surface area is 125 Å². The van der Waals surface area contributed by atoms with Gasteiger partial charge in [-0.25, -0.2) is 0 Å². The van der Waals surface area contributed by atoms with Crippen LogP contribution in [0.15, 0.2) is 40.9 Å². The van der Waals surface area contributed by atoms with Crippen LogP contribution in [0.5, 0.6) is 0 Å². The first-order valence-corrected chi connectivity index (χ1v) is 7.43. The zero-order chi connectivity index (χ0) is 13.4. The lowest BCUT2D eigenvalue weighted by Gasteiger charge is -2.05. The number of aryl methyl sites for hydroxylation is 2. The van der Waals surface area contributed by atoms with E-state index in [1.54, 1.807) is 18.2 Å². The second-order valence-corrected chi connectivity index (χ2v) is 6.18. The van der Waals surface area contributed by atoms with Crippen LogP contribution in [0.3, 0.4) is 0 Å². The van der Waals surface area contributed by atoms with E-state index in [0.717, 1.165) is 22.9 Å². The van der Waals surface area contributed by atoms with Crippen LogP contribution >= 0.6 is 27.5 Å².